The fourth-order valence-electron chi connectivity index (χ4n) is 4.41. The van der Waals surface area contributed by atoms with Crippen LogP contribution >= 0.6 is 11.6 Å². The average Bonchev–Trinajstić information content (AvgIpc) is 3.11. The molecule has 0 radical (unpaired) electrons. The maximum absolute atomic E-state index is 12.7. The predicted octanol–water partition coefficient (Wildman–Crippen LogP) is 1.51. The number of rotatable bonds is 4. The molecule has 0 saturated carbocycles. The van der Waals surface area contributed by atoms with Gasteiger partial charge in [-0.2, -0.15) is 0 Å². The molecule has 3 aliphatic rings. The number of carbonyl (C=O) groups is 2. The van der Waals surface area contributed by atoms with E-state index in [4.69, 9.17) is 16.6 Å². The number of aliphatic imine (C=N–C) groups is 1. The summed E-state index contributed by atoms with van der Waals surface area (Å²) in [5, 5.41) is 0.755. The molecule has 3 aliphatic heterocycles. The number of amidine groups is 2. The van der Waals surface area contributed by atoms with E-state index in [1.807, 2.05) is 23.6 Å². The lowest BCUT2D eigenvalue weighted by atomic mass is 10.1. The number of imide groups is 1. The van der Waals surface area contributed by atoms with Crippen molar-refractivity contribution in [1.82, 2.24) is 14.7 Å². The molecule has 0 aliphatic carbocycles. The van der Waals surface area contributed by atoms with E-state index >= 15 is 0 Å². The van der Waals surface area contributed by atoms with E-state index in [2.05, 4.69) is 22.8 Å². The molecule has 0 aromatic heterocycles. The van der Waals surface area contributed by atoms with Gasteiger partial charge < -0.3 is 4.90 Å². The van der Waals surface area contributed by atoms with Crippen LogP contribution in [0.5, 0.6) is 0 Å². The normalized spacial score (nSPS) is 22.8. The van der Waals surface area contributed by atoms with Crippen molar-refractivity contribution in [1.29, 1.82) is 0 Å². The van der Waals surface area contributed by atoms with Gasteiger partial charge in [0.1, 0.15) is 6.54 Å². The highest BCUT2D eigenvalue weighted by molar-refractivity contribution is 6.30. The summed E-state index contributed by atoms with van der Waals surface area (Å²) in [6.07, 6.45) is 0. The van der Waals surface area contributed by atoms with Gasteiger partial charge >= 0.3 is 11.9 Å². The maximum Gasteiger partial charge on any atom is 0.333 e. The molecule has 2 saturated heterocycles. The van der Waals surface area contributed by atoms with Crippen LogP contribution in [0.15, 0.2) is 23.2 Å². The highest BCUT2D eigenvalue weighted by Gasteiger charge is 2.52. The minimum atomic E-state index is -0.506. The van der Waals surface area contributed by atoms with E-state index < -0.39 is 6.04 Å². The monoisotopic (exact) mass is 431 g/mol. The molecule has 2 fully saturated rings. The van der Waals surface area contributed by atoms with E-state index in [0.717, 1.165) is 37.0 Å². The Kier molecular flexibility index (Phi) is 5.55. The quantitative estimate of drug-likeness (QED) is 0.678. The first-order valence-corrected chi connectivity index (χ1v) is 10.7. The van der Waals surface area contributed by atoms with Crippen molar-refractivity contribution >= 4 is 40.9 Å². The number of fused-ring (bicyclic) bond motifs is 1. The van der Waals surface area contributed by atoms with Crippen molar-refractivity contribution in [3.05, 3.63) is 28.8 Å². The Labute approximate surface area is 182 Å². The molecule has 1 aromatic rings. The number of aryl methyl sites for hydroxylation is 1. The summed E-state index contributed by atoms with van der Waals surface area (Å²) in [6, 6.07) is 5.17. The van der Waals surface area contributed by atoms with Crippen LogP contribution in [0.1, 0.15) is 12.5 Å². The molecule has 3 amide bonds. The first-order valence-electron chi connectivity index (χ1n) is 10.3. The van der Waals surface area contributed by atoms with Crippen LogP contribution in [-0.2, 0) is 4.79 Å². The molecule has 0 spiro atoms. The van der Waals surface area contributed by atoms with Gasteiger partial charge in [-0.05, 0) is 36.5 Å². The molecule has 160 valence electrons. The smallest absolute Gasteiger partial charge is 0.333 e. The van der Waals surface area contributed by atoms with Gasteiger partial charge in [0.05, 0.1) is 6.54 Å². The first-order chi connectivity index (χ1) is 14.3. The van der Waals surface area contributed by atoms with Crippen LogP contribution in [0.3, 0.4) is 0 Å². The molecular weight excluding hydrogens is 404 g/mol. The third kappa shape index (κ3) is 3.48. The molecule has 8 nitrogen and oxygen atoms in total. The number of benzene rings is 1. The largest absolute Gasteiger partial charge is 0.369 e. The van der Waals surface area contributed by atoms with Crippen LogP contribution in [0.2, 0.25) is 5.02 Å². The van der Waals surface area contributed by atoms with Crippen molar-refractivity contribution in [2.75, 3.05) is 58.3 Å². The highest BCUT2D eigenvalue weighted by atomic mass is 35.5. The van der Waals surface area contributed by atoms with Crippen LogP contribution < -0.4 is 4.90 Å². The number of hydrogen-bond acceptors (Lipinski definition) is 5. The van der Waals surface area contributed by atoms with Gasteiger partial charge in [-0.15, -0.1) is 0 Å². The molecule has 0 N–H and O–H groups in total. The summed E-state index contributed by atoms with van der Waals surface area (Å²) in [4.78, 5) is 37.1. The number of piperazine rings is 1. The van der Waals surface area contributed by atoms with Gasteiger partial charge in [-0.1, -0.05) is 17.7 Å². The van der Waals surface area contributed by atoms with Crippen molar-refractivity contribution < 1.29 is 14.2 Å². The predicted molar refractivity (Wildman–Crippen MR) is 118 cm³/mol. The Balaban J connectivity index is 1.48. The summed E-state index contributed by atoms with van der Waals surface area (Å²) in [7, 11) is 3.21. The lowest BCUT2D eigenvalue weighted by Crippen LogP contribution is -2.61. The van der Waals surface area contributed by atoms with Gasteiger partial charge in [0, 0.05) is 51.0 Å². The zero-order valence-electron chi connectivity index (χ0n) is 17.9. The Morgan fingerprint density at radius 2 is 1.83 bits per heavy atom. The average molecular weight is 432 g/mol. The number of carbonyl (C=O) groups excluding carboxylic acids is 2. The molecule has 1 aromatic carbocycles. The lowest BCUT2D eigenvalue weighted by Gasteiger charge is -2.36. The van der Waals surface area contributed by atoms with Crippen molar-refractivity contribution in [3.8, 4) is 0 Å². The second-order valence-corrected chi connectivity index (χ2v) is 8.44. The van der Waals surface area contributed by atoms with Gasteiger partial charge in [0.15, 0.2) is 0 Å². The summed E-state index contributed by atoms with van der Waals surface area (Å²) in [5.74, 6) is 1.18. The molecule has 4 rings (SSSR count). The van der Waals surface area contributed by atoms with E-state index in [-0.39, 0.29) is 11.9 Å². The minimum absolute atomic E-state index is 0.213. The Morgan fingerprint density at radius 3 is 2.50 bits per heavy atom. The topological polar surface area (TPSA) is 62.5 Å². The Hall–Kier alpha value is -2.45. The van der Waals surface area contributed by atoms with Crippen LogP contribution in [0.4, 0.5) is 10.5 Å². The van der Waals surface area contributed by atoms with Crippen LogP contribution in [-0.4, -0.2) is 102 Å². The fraction of sp³-hybridized carbons (Fsp3) is 0.524. The van der Waals surface area contributed by atoms with E-state index in [1.165, 1.54) is 28.1 Å². The second kappa shape index (κ2) is 8.00. The molecule has 1 unspecified atom stereocenters. The molecule has 30 heavy (non-hydrogen) atoms. The van der Waals surface area contributed by atoms with Crippen molar-refractivity contribution in [2.45, 2.75) is 19.9 Å². The summed E-state index contributed by atoms with van der Waals surface area (Å²) in [5.41, 5.74) is 2.41. The summed E-state index contributed by atoms with van der Waals surface area (Å²) >= 11 is 6.19. The van der Waals surface area contributed by atoms with E-state index in [1.54, 1.807) is 7.05 Å². The Bertz CT molecular complexity index is 951. The van der Waals surface area contributed by atoms with Crippen molar-refractivity contribution in [3.63, 3.8) is 0 Å². The number of amides is 3. The Morgan fingerprint density at radius 1 is 1.13 bits per heavy atom. The minimum Gasteiger partial charge on any atom is -0.369 e. The number of urea groups is 1. The van der Waals surface area contributed by atoms with Crippen LogP contribution in [0.25, 0.3) is 0 Å². The highest BCUT2D eigenvalue weighted by Crippen LogP contribution is 2.25. The third-order valence-corrected chi connectivity index (χ3v) is 6.44. The van der Waals surface area contributed by atoms with Gasteiger partial charge in [0.25, 0.3) is 17.8 Å². The standard InChI is InChI=1S/C21H28ClN6O2/c1-5-28-17(23-19-18(28)20(29)25(4)21(30)24(19)3)13-26-8-10-27(11-9-26)16-12-15(22)7-6-14(16)2/h6-7,12,18H,5,8-11,13H2,1-4H3/q+1. The first kappa shape index (κ1) is 20.8. The van der Waals surface area contributed by atoms with Crippen LogP contribution in [0, 0.1) is 6.92 Å². The molecule has 1 atom stereocenters. The maximum atomic E-state index is 12.7. The number of anilines is 1. The lowest BCUT2D eigenvalue weighted by molar-refractivity contribution is -0.532. The third-order valence-electron chi connectivity index (χ3n) is 6.20. The SMILES string of the molecule is CC[N+]1=C(CN2CCN(c3cc(Cl)ccc3C)CC2)N=C2C1C(=O)N(C)C(=O)N2C. The zero-order valence-corrected chi connectivity index (χ0v) is 18.7. The van der Waals surface area contributed by atoms with E-state index in [0.29, 0.717) is 18.9 Å². The van der Waals surface area contributed by atoms with E-state index in [9.17, 15) is 9.59 Å². The number of hydrogen-bond donors (Lipinski definition) is 0. The number of nitrogens with zero attached hydrogens (tertiary/aromatic N) is 6. The molecule has 3 heterocycles. The van der Waals surface area contributed by atoms with Gasteiger partial charge in [-0.25, -0.2) is 9.37 Å². The fourth-order valence-corrected chi connectivity index (χ4v) is 4.58. The number of likely N-dealkylation sites (N-methyl/N-ethyl adjacent to an activating group) is 3. The molecule has 9 heteroatoms. The van der Waals surface area contributed by atoms with Gasteiger partial charge in [0.2, 0.25) is 0 Å². The molecule has 0 bridgehead atoms. The second-order valence-electron chi connectivity index (χ2n) is 8.01. The summed E-state index contributed by atoms with van der Waals surface area (Å²) in [6.45, 7) is 9.04. The summed E-state index contributed by atoms with van der Waals surface area (Å²) < 4.78 is 2.02. The number of halogens is 1. The molecular formula is C21H28ClN6O2+. The van der Waals surface area contributed by atoms with Gasteiger partial charge in [-0.3, -0.25) is 19.5 Å². The zero-order chi connectivity index (χ0) is 21.6. The van der Waals surface area contributed by atoms with Crippen molar-refractivity contribution in [2.24, 2.45) is 4.99 Å².